The quantitative estimate of drug-likeness (QED) is 0.893. The minimum absolute atomic E-state index is 0.0794. The Bertz CT molecular complexity index is 582. The van der Waals surface area contributed by atoms with Crippen LogP contribution in [0.15, 0.2) is 18.2 Å². The molecule has 2 saturated heterocycles. The summed E-state index contributed by atoms with van der Waals surface area (Å²) in [6.45, 7) is 4.96. The smallest absolute Gasteiger partial charge is 0.317 e. The molecule has 1 aromatic carbocycles. The number of carbonyl (C=O) groups is 1. The molecule has 0 aromatic heterocycles. The molecule has 0 aliphatic carbocycles. The highest BCUT2D eigenvalue weighted by molar-refractivity contribution is 5.75. The summed E-state index contributed by atoms with van der Waals surface area (Å²) in [5.74, 6) is -0.298. The predicted molar refractivity (Wildman–Crippen MR) is 91.6 cm³/mol. The summed E-state index contributed by atoms with van der Waals surface area (Å²) in [6.07, 6.45) is 3.26. The largest absolute Gasteiger partial charge is 0.393 e. The fourth-order valence-electron chi connectivity index (χ4n) is 3.54. The van der Waals surface area contributed by atoms with E-state index in [1.165, 1.54) is 12.1 Å². The summed E-state index contributed by atoms with van der Waals surface area (Å²) in [6, 6.07) is 4.40. The summed E-state index contributed by atoms with van der Waals surface area (Å²) in [7, 11) is 0. The van der Waals surface area contributed by atoms with Gasteiger partial charge in [0.25, 0.3) is 0 Å². The second-order valence-corrected chi connectivity index (χ2v) is 6.79. The van der Waals surface area contributed by atoms with Crippen LogP contribution in [0.2, 0.25) is 0 Å². The number of rotatable bonds is 3. The molecule has 24 heavy (non-hydrogen) atoms. The highest BCUT2D eigenvalue weighted by Crippen LogP contribution is 2.30. The zero-order valence-corrected chi connectivity index (χ0v) is 14.2. The van der Waals surface area contributed by atoms with Crippen LogP contribution in [0.5, 0.6) is 0 Å². The average Bonchev–Trinajstić information content (AvgIpc) is 3.10. The second kappa shape index (κ2) is 7.38. The van der Waals surface area contributed by atoms with Crippen molar-refractivity contribution in [2.24, 2.45) is 0 Å². The van der Waals surface area contributed by atoms with Gasteiger partial charge in [0.05, 0.1) is 12.1 Å². The zero-order chi connectivity index (χ0) is 17.1. The van der Waals surface area contributed by atoms with Crippen LogP contribution in [-0.2, 0) is 0 Å². The normalized spacial score (nSPS) is 20.3. The molecule has 0 radical (unpaired) electrons. The van der Waals surface area contributed by atoms with Crippen LogP contribution in [0.25, 0.3) is 0 Å². The zero-order valence-electron chi connectivity index (χ0n) is 14.2. The average molecular weight is 335 g/mol. The molecule has 6 heteroatoms. The molecule has 0 saturated carbocycles. The van der Waals surface area contributed by atoms with E-state index in [9.17, 15) is 14.3 Å². The third-order valence-electron chi connectivity index (χ3n) is 4.99. The van der Waals surface area contributed by atoms with Crippen molar-refractivity contribution in [2.45, 2.75) is 44.8 Å². The van der Waals surface area contributed by atoms with E-state index in [-0.39, 0.29) is 24.0 Å². The Balaban J connectivity index is 1.75. The maximum Gasteiger partial charge on any atom is 0.317 e. The molecule has 2 heterocycles. The molecule has 0 bridgehead atoms. The van der Waals surface area contributed by atoms with Crippen molar-refractivity contribution in [1.29, 1.82) is 0 Å². The molecule has 2 amide bonds. The Kier molecular flexibility index (Phi) is 5.23. The summed E-state index contributed by atoms with van der Waals surface area (Å²) in [4.78, 5) is 16.3. The van der Waals surface area contributed by atoms with Crippen LogP contribution >= 0.6 is 0 Å². The number of hydrogen-bond donors (Lipinski definition) is 2. The van der Waals surface area contributed by atoms with E-state index in [0.717, 1.165) is 50.3 Å². The van der Waals surface area contributed by atoms with Gasteiger partial charge in [0.15, 0.2) is 0 Å². The molecular formula is C18H26FN3O2. The lowest BCUT2D eigenvalue weighted by Gasteiger charge is -2.34. The van der Waals surface area contributed by atoms with Crippen LogP contribution in [-0.4, -0.2) is 48.3 Å². The molecule has 1 unspecified atom stereocenters. The number of piperidine rings is 1. The Hall–Kier alpha value is -1.82. The molecule has 3 rings (SSSR count). The summed E-state index contributed by atoms with van der Waals surface area (Å²) < 4.78 is 13.8. The molecule has 1 atom stereocenters. The molecule has 1 aromatic rings. The van der Waals surface area contributed by atoms with Gasteiger partial charge in [-0.25, -0.2) is 9.18 Å². The molecule has 0 spiro atoms. The van der Waals surface area contributed by atoms with Gasteiger partial charge in [0.2, 0.25) is 0 Å². The first-order chi connectivity index (χ1) is 11.5. The Morgan fingerprint density at radius 2 is 1.92 bits per heavy atom. The van der Waals surface area contributed by atoms with E-state index in [1.54, 1.807) is 6.07 Å². The van der Waals surface area contributed by atoms with Gasteiger partial charge in [-0.15, -0.1) is 0 Å². The number of benzene rings is 1. The number of amides is 2. The molecule has 2 aliphatic rings. The maximum absolute atomic E-state index is 13.8. The number of aliphatic hydroxyl groups is 1. The topological polar surface area (TPSA) is 55.8 Å². The van der Waals surface area contributed by atoms with Gasteiger partial charge in [-0.1, -0.05) is 0 Å². The van der Waals surface area contributed by atoms with Crippen molar-refractivity contribution in [2.75, 3.05) is 31.1 Å². The Morgan fingerprint density at radius 3 is 2.58 bits per heavy atom. The van der Waals surface area contributed by atoms with Crippen molar-refractivity contribution >= 4 is 11.7 Å². The Labute approximate surface area is 142 Å². The number of nitrogens with one attached hydrogen (secondary N) is 1. The summed E-state index contributed by atoms with van der Waals surface area (Å²) >= 11 is 0. The van der Waals surface area contributed by atoms with Crippen molar-refractivity contribution < 1.29 is 14.3 Å². The van der Waals surface area contributed by atoms with E-state index in [4.69, 9.17) is 0 Å². The highest BCUT2D eigenvalue weighted by atomic mass is 19.1. The monoisotopic (exact) mass is 335 g/mol. The molecule has 2 fully saturated rings. The van der Waals surface area contributed by atoms with Crippen LogP contribution in [0.4, 0.5) is 14.9 Å². The minimum atomic E-state index is -0.298. The Morgan fingerprint density at radius 1 is 1.25 bits per heavy atom. The lowest BCUT2D eigenvalue weighted by Crippen LogP contribution is -2.40. The first-order valence-electron chi connectivity index (χ1n) is 8.82. The highest BCUT2D eigenvalue weighted by Gasteiger charge is 2.24. The van der Waals surface area contributed by atoms with Crippen molar-refractivity contribution in [3.05, 3.63) is 29.6 Å². The lowest BCUT2D eigenvalue weighted by molar-refractivity contribution is 0.145. The van der Waals surface area contributed by atoms with Crippen molar-refractivity contribution in [1.82, 2.24) is 10.2 Å². The van der Waals surface area contributed by atoms with Crippen LogP contribution in [0, 0.1) is 5.82 Å². The molecule has 132 valence electrons. The van der Waals surface area contributed by atoms with E-state index < -0.39 is 0 Å². The van der Waals surface area contributed by atoms with E-state index in [0.29, 0.717) is 12.8 Å². The predicted octanol–water partition coefficient (Wildman–Crippen LogP) is 2.65. The number of anilines is 1. The summed E-state index contributed by atoms with van der Waals surface area (Å²) in [5.41, 5.74) is 1.73. The van der Waals surface area contributed by atoms with E-state index >= 15 is 0 Å². The molecule has 2 aliphatic heterocycles. The number of halogens is 1. The van der Waals surface area contributed by atoms with Crippen molar-refractivity contribution in [3.8, 4) is 0 Å². The van der Waals surface area contributed by atoms with E-state index in [2.05, 4.69) is 10.2 Å². The number of urea groups is 1. The van der Waals surface area contributed by atoms with Gasteiger partial charge in [0.1, 0.15) is 5.82 Å². The maximum atomic E-state index is 13.8. The van der Waals surface area contributed by atoms with Crippen LogP contribution in [0.3, 0.4) is 0 Å². The standard InChI is InChI=1S/C18H26FN3O2/c1-13(20-18(24)22-8-2-3-9-22)16-12-14(19)4-5-17(16)21-10-6-15(23)7-11-21/h4-5,12-13,15,23H,2-3,6-11H2,1H3,(H,20,24). The minimum Gasteiger partial charge on any atom is -0.393 e. The number of carbonyl (C=O) groups excluding carboxylic acids is 1. The second-order valence-electron chi connectivity index (χ2n) is 6.79. The molecular weight excluding hydrogens is 309 g/mol. The van der Waals surface area contributed by atoms with Gasteiger partial charge in [-0.05, 0) is 50.8 Å². The first-order valence-corrected chi connectivity index (χ1v) is 8.82. The number of nitrogens with zero attached hydrogens (tertiary/aromatic N) is 2. The first kappa shape index (κ1) is 17.0. The van der Waals surface area contributed by atoms with Crippen molar-refractivity contribution in [3.63, 3.8) is 0 Å². The number of aliphatic hydroxyl groups excluding tert-OH is 1. The fraction of sp³-hybridized carbons (Fsp3) is 0.611. The van der Waals surface area contributed by atoms with Crippen LogP contribution in [0.1, 0.15) is 44.2 Å². The number of likely N-dealkylation sites (tertiary alicyclic amines) is 1. The van der Waals surface area contributed by atoms with Gasteiger partial charge >= 0.3 is 6.03 Å². The van der Waals surface area contributed by atoms with Crippen LogP contribution < -0.4 is 10.2 Å². The van der Waals surface area contributed by atoms with Gasteiger partial charge in [-0.2, -0.15) is 0 Å². The van der Waals surface area contributed by atoms with Gasteiger partial charge < -0.3 is 20.2 Å². The number of hydrogen-bond acceptors (Lipinski definition) is 3. The third kappa shape index (κ3) is 3.80. The van der Waals surface area contributed by atoms with E-state index in [1.807, 2.05) is 11.8 Å². The molecule has 2 N–H and O–H groups in total. The SMILES string of the molecule is CC(NC(=O)N1CCCC1)c1cc(F)ccc1N1CCC(O)CC1. The lowest BCUT2D eigenvalue weighted by atomic mass is 10.0. The fourth-order valence-corrected chi connectivity index (χ4v) is 3.54. The molecule has 5 nitrogen and oxygen atoms in total. The van der Waals surface area contributed by atoms with Gasteiger partial charge in [-0.3, -0.25) is 0 Å². The van der Waals surface area contributed by atoms with Gasteiger partial charge in [0, 0.05) is 37.4 Å². The third-order valence-corrected chi connectivity index (χ3v) is 4.99. The summed E-state index contributed by atoms with van der Waals surface area (Å²) in [5, 5.41) is 12.7.